The quantitative estimate of drug-likeness (QED) is 0.211. The van der Waals surface area contributed by atoms with Crippen LogP contribution in [-0.4, -0.2) is 36.9 Å². The zero-order valence-electron chi connectivity index (χ0n) is 20.5. The molecule has 1 aromatic heterocycles. The van der Waals surface area contributed by atoms with Gasteiger partial charge < -0.3 is 14.4 Å². The molecule has 1 atom stereocenters. The van der Waals surface area contributed by atoms with E-state index in [1.54, 1.807) is 48.5 Å². The van der Waals surface area contributed by atoms with E-state index in [9.17, 15) is 21.6 Å². The summed E-state index contributed by atoms with van der Waals surface area (Å²) in [6.45, 7) is -0.448. The van der Waals surface area contributed by atoms with Crippen LogP contribution in [0, 0.1) is 0 Å². The van der Waals surface area contributed by atoms with Crippen LogP contribution in [0.5, 0.6) is 11.5 Å². The molecule has 0 saturated carbocycles. The molecule has 4 aromatic rings. The molecule has 40 heavy (non-hydrogen) atoms. The normalized spacial score (nSPS) is 15.3. The highest BCUT2D eigenvalue weighted by Crippen LogP contribution is 2.45. The van der Waals surface area contributed by atoms with Crippen molar-refractivity contribution < 1.29 is 31.1 Å². The molecular weight excluding hydrogens is 657 g/mol. The number of hydrogen-bond donors (Lipinski definition) is 0. The van der Waals surface area contributed by atoms with Crippen molar-refractivity contribution >= 4 is 65.6 Å². The molecule has 1 aliphatic heterocycles. The first-order valence-electron chi connectivity index (χ1n) is 11.5. The van der Waals surface area contributed by atoms with Gasteiger partial charge in [-0.1, -0.05) is 35.9 Å². The number of nitrogens with zero attached hydrogens (tertiary/aromatic N) is 4. The molecule has 3 aromatic carbocycles. The number of anilines is 3. The average molecular weight is 676 g/mol. The Morgan fingerprint density at radius 3 is 2.50 bits per heavy atom. The summed E-state index contributed by atoms with van der Waals surface area (Å²) in [6.07, 6.45) is -4.63. The van der Waals surface area contributed by atoms with Crippen molar-refractivity contribution in [3.63, 3.8) is 0 Å². The molecular formula is C25H19BrClF3N4O4S2. The number of para-hydroxylation sites is 2. The van der Waals surface area contributed by atoms with Crippen molar-refractivity contribution in [2.45, 2.75) is 18.1 Å². The van der Waals surface area contributed by atoms with Crippen molar-refractivity contribution in [1.82, 2.24) is 9.36 Å². The van der Waals surface area contributed by atoms with Crippen molar-refractivity contribution in [1.29, 1.82) is 0 Å². The third-order valence-corrected chi connectivity index (χ3v) is 9.77. The lowest BCUT2D eigenvalue weighted by molar-refractivity contribution is -0.137. The number of sulfonamides is 1. The molecule has 0 radical (unpaired) electrons. The molecule has 5 rings (SSSR count). The minimum atomic E-state index is -4.63. The van der Waals surface area contributed by atoms with Crippen LogP contribution in [0.4, 0.5) is 29.7 Å². The van der Waals surface area contributed by atoms with E-state index in [1.165, 1.54) is 12.0 Å². The van der Waals surface area contributed by atoms with E-state index in [1.807, 2.05) is 0 Å². The standard InChI is InChI=1S/C25H19BrClF3N4O4S2/c1-37-17-9-6-15(7-10-17)13-33(24-31-23(26)32-39-24)40(35,36)22-14-38-21-5-3-2-4-20(21)34(22)19-11-8-16(12-18(19)27)25(28,29)30/h2-12,22H,13-14H2,1H3. The van der Waals surface area contributed by atoms with Gasteiger partial charge in [0.25, 0.3) is 10.0 Å². The van der Waals surface area contributed by atoms with Gasteiger partial charge in [-0.3, -0.25) is 0 Å². The number of rotatable bonds is 7. The van der Waals surface area contributed by atoms with Crippen molar-refractivity contribution in [3.8, 4) is 11.5 Å². The second-order valence-corrected chi connectivity index (χ2v) is 12.4. The highest BCUT2D eigenvalue weighted by molar-refractivity contribution is 9.10. The molecule has 0 saturated heterocycles. The highest BCUT2D eigenvalue weighted by Gasteiger charge is 2.44. The van der Waals surface area contributed by atoms with Gasteiger partial charge in [-0.25, -0.2) is 12.7 Å². The number of methoxy groups -OCH3 is 1. The minimum absolute atomic E-state index is 0.0711. The van der Waals surface area contributed by atoms with Crippen LogP contribution < -0.4 is 18.7 Å². The molecule has 2 heterocycles. The monoisotopic (exact) mass is 674 g/mol. The number of benzene rings is 3. The van der Waals surface area contributed by atoms with E-state index in [0.29, 0.717) is 22.7 Å². The van der Waals surface area contributed by atoms with Gasteiger partial charge in [-0.15, -0.1) is 0 Å². The lowest BCUT2D eigenvalue weighted by atomic mass is 10.1. The predicted molar refractivity (Wildman–Crippen MR) is 150 cm³/mol. The topological polar surface area (TPSA) is 84.9 Å². The lowest BCUT2D eigenvalue weighted by Gasteiger charge is -2.40. The van der Waals surface area contributed by atoms with Gasteiger partial charge in [0.15, 0.2) is 5.37 Å². The predicted octanol–water partition coefficient (Wildman–Crippen LogP) is 6.87. The van der Waals surface area contributed by atoms with Gasteiger partial charge in [0.05, 0.1) is 35.6 Å². The molecule has 0 amide bonds. The summed E-state index contributed by atoms with van der Waals surface area (Å²) < 4.78 is 85.4. The zero-order chi connectivity index (χ0) is 28.7. The fourth-order valence-corrected chi connectivity index (χ4v) is 7.44. The van der Waals surface area contributed by atoms with Gasteiger partial charge in [0.1, 0.15) is 18.1 Å². The van der Waals surface area contributed by atoms with Crippen LogP contribution in [0.25, 0.3) is 0 Å². The molecule has 8 nitrogen and oxygen atoms in total. The van der Waals surface area contributed by atoms with E-state index in [2.05, 4.69) is 25.3 Å². The number of halogens is 5. The van der Waals surface area contributed by atoms with E-state index in [0.717, 1.165) is 34.0 Å². The van der Waals surface area contributed by atoms with E-state index >= 15 is 0 Å². The summed E-state index contributed by atoms with van der Waals surface area (Å²) in [5, 5.41) is -1.61. The van der Waals surface area contributed by atoms with Gasteiger partial charge in [-0.05, 0) is 64.0 Å². The molecule has 0 N–H and O–H groups in total. The highest BCUT2D eigenvalue weighted by atomic mass is 79.9. The molecule has 210 valence electrons. The molecule has 1 unspecified atom stereocenters. The summed E-state index contributed by atoms with van der Waals surface area (Å²) in [5.74, 6) is 0.947. The molecule has 0 spiro atoms. The fraction of sp³-hybridized carbons (Fsp3) is 0.200. The number of alkyl halides is 3. The molecule has 0 bridgehead atoms. The number of fused-ring (bicyclic) bond motifs is 1. The Kier molecular flexibility index (Phi) is 7.88. The smallest absolute Gasteiger partial charge is 0.416 e. The summed E-state index contributed by atoms with van der Waals surface area (Å²) >= 11 is 10.4. The second-order valence-electron chi connectivity index (χ2n) is 8.51. The molecule has 0 aliphatic carbocycles. The number of aromatic nitrogens is 2. The Balaban J connectivity index is 1.63. The Morgan fingerprint density at radius 1 is 1.15 bits per heavy atom. The van der Waals surface area contributed by atoms with E-state index < -0.39 is 27.1 Å². The molecule has 15 heteroatoms. The second kappa shape index (κ2) is 11.1. The SMILES string of the molecule is COc1ccc(CN(c2nc(Br)ns2)S(=O)(=O)C2COc3ccccc3N2c2ccc(C(F)(F)F)cc2Cl)cc1. The summed E-state index contributed by atoms with van der Waals surface area (Å²) in [7, 11) is -2.84. The maximum atomic E-state index is 14.4. The van der Waals surface area contributed by atoms with Gasteiger partial charge in [0.2, 0.25) is 9.87 Å². The van der Waals surface area contributed by atoms with Crippen LogP contribution >= 0.6 is 39.1 Å². The Morgan fingerprint density at radius 2 is 1.88 bits per heavy atom. The Bertz CT molecular complexity index is 1640. The fourth-order valence-electron chi connectivity index (χ4n) is 4.16. The number of hydrogen-bond acceptors (Lipinski definition) is 8. The van der Waals surface area contributed by atoms with E-state index in [4.69, 9.17) is 21.1 Å². The minimum Gasteiger partial charge on any atom is -0.497 e. The van der Waals surface area contributed by atoms with Gasteiger partial charge in [0, 0.05) is 11.5 Å². The van der Waals surface area contributed by atoms with Gasteiger partial charge in [-0.2, -0.15) is 22.5 Å². The first kappa shape index (κ1) is 28.5. The molecule has 0 fully saturated rings. The van der Waals surface area contributed by atoms with Crippen molar-refractivity contribution in [3.05, 3.63) is 87.6 Å². The zero-order valence-corrected chi connectivity index (χ0v) is 24.4. The maximum absolute atomic E-state index is 14.4. The van der Waals surface area contributed by atoms with Crippen molar-refractivity contribution in [2.75, 3.05) is 22.9 Å². The first-order chi connectivity index (χ1) is 19.0. The third-order valence-electron chi connectivity index (χ3n) is 6.07. The maximum Gasteiger partial charge on any atom is 0.416 e. The Hall–Kier alpha value is -3.07. The lowest BCUT2D eigenvalue weighted by Crippen LogP contribution is -2.51. The van der Waals surface area contributed by atoms with Gasteiger partial charge >= 0.3 is 6.18 Å². The first-order valence-corrected chi connectivity index (χ1v) is 15.0. The number of ether oxygens (including phenoxy) is 2. The summed E-state index contributed by atoms with van der Waals surface area (Å²) in [6, 6.07) is 16.2. The average Bonchev–Trinajstić information content (AvgIpc) is 3.36. The van der Waals surface area contributed by atoms with Crippen LogP contribution in [0.1, 0.15) is 11.1 Å². The van der Waals surface area contributed by atoms with Crippen LogP contribution in [-0.2, 0) is 22.7 Å². The van der Waals surface area contributed by atoms with Crippen molar-refractivity contribution in [2.24, 2.45) is 0 Å². The largest absolute Gasteiger partial charge is 0.497 e. The third kappa shape index (κ3) is 5.57. The van der Waals surface area contributed by atoms with Crippen LogP contribution in [0.3, 0.4) is 0 Å². The summed E-state index contributed by atoms with van der Waals surface area (Å²) in [5.41, 5.74) is 0.0719. The van der Waals surface area contributed by atoms with E-state index in [-0.39, 0.29) is 33.7 Å². The molecule has 1 aliphatic rings. The van der Waals surface area contributed by atoms with Crippen LogP contribution in [0.15, 0.2) is 71.5 Å². The Labute approximate surface area is 245 Å². The van der Waals surface area contributed by atoms with Crippen LogP contribution in [0.2, 0.25) is 5.02 Å². The summed E-state index contributed by atoms with van der Waals surface area (Å²) in [4.78, 5) is 5.62.